The zero-order valence-electron chi connectivity index (χ0n) is 17.4. The minimum Gasteiger partial charge on any atom is -0.352 e. The standard InChI is InChI=1S/C23H29N5O/c1-16(2)13-24-23(29)20-12-22(26-21-7-5-4-6-19(20)21)17-9-11-28(14-17)15-18-8-10-25-27(18)3/h4-8,10,12,16-17H,9,11,13-15H2,1-3H3,(H,24,29)/t17-/m0/s1. The third-order valence-corrected chi connectivity index (χ3v) is 5.65. The van der Waals surface area contributed by atoms with Crippen molar-refractivity contribution in [2.45, 2.75) is 32.7 Å². The smallest absolute Gasteiger partial charge is 0.252 e. The highest BCUT2D eigenvalue weighted by atomic mass is 16.1. The zero-order valence-corrected chi connectivity index (χ0v) is 17.4. The number of pyridine rings is 1. The number of aryl methyl sites for hydroxylation is 1. The number of hydrogen-bond acceptors (Lipinski definition) is 4. The molecule has 0 spiro atoms. The summed E-state index contributed by atoms with van der Waals surface area (Å²) in [6.07, 6.45) is 2.89. The molecule has 6 heteroatoms. The van der Waals surface area contributed by atoms with E-state index < -0.39 is 0 Å². The number of hydrogen-bond donors (Lipinski definition) is 1. The molecule has 1 fully saturated rings. The second-order valence-electron chi connectivity index (χ2n) is 8.38. The van der Waals surface area contributed by atoms with Gasteiger partial charge in [-0.2, -0.15) is 5.10 Å². The summed E-state index contributed by atoms with van der Waals surface area (Å²) < 4.78 is 1.93. The summed E-state index contributed by atoms with van der Waals surface area (Å²) in [6.45, 7) is 7.75. The molecule has 0 unspecified atom stereocenters. The summed E-state index contributed by atoms with van der Waals surface area (Å²) in [5.74, 6) is 0.745. The van der Waals surface area contributed by atoms with Crippen molar-refractivity contribution in [3.8, 4) is 0 Å². The van der Waals surface area contributed by atoms with Gasteiger partial charge in [0, 0.05) is 49.9 Å². The molecule has 0 aliphatic carbocycles. The van der Waals surface area contributed by atoms with E-state index in [-0.39, 0.29) is 5.91 Å². The van der Waals surface area contributed by atoms with Crippen LogP contribution in [-0.2, 0) is 13.6 Å². The van der Waals surface area contributed by atoms with Crippen LogP contribution in [-0.4, -0.2) is 45.2 Å². The Labute approximate surface area is 171 Å². The summed E-state index contributed by atoms with van der Waals surface area (Å²) in [7, 11) is 1.98. The number of rotatable bonds is 6. The Bertz CT molecular complexity index is 1010. The van der Waals surface area contributed by atoms with E-state index in [1.165, 1.54) is 5.69 Å². The van der Waals surface area contributed by atoms with E-state index in [0.29, 0.717) is 18.4 Å². The third-order valence-electron chi connectivity index (χ3n) is 5.65. The van der Waals surface area contributed by atoms with Gasteiger partial charge in [0.05, 0.1) is 16.8 Å². The molecule has 1 saturated heterocycles. The van der Waals surface area contributed by atoms with Gasteiger partial charge in [0.15, 0.2) is 0 Å². The fraction of sp³-hybridized carbons (Fsp3) is 0.435. The molecule has 3 aromatic rings. The predicted octanol–water partition coefficient (Wildman–Crippen LogP) is 3.34. The van der Waals surface area contributed by atoms with Gasteiger partial charge in [-0.15, -0.1) is 0 Å². The molecule has 2 aromatic heterocycles. The molecular formula is C23H29N5O. The minimum absolute atomic E-state index is 0.0108. The number of carbonyl (C=O) groups excluding carboxylic acids is 1. The van der Waals surface area contributed by atoms with Gasteiger partial charge in [-0.25, -0.2) is 0 Å². The number of amides is 1. The van der Waals surface area contributed by atoms with Crippen LogP contribution in [0.2, 0.25) is 0 Å². The Morgan fingerprint density at radius 3 is 2.86 bits per heavy atom. The average molecular weight is 392 g/mol. The van der Waals surface area contributed by atoms with Crippen molar-refractivity contribution in [1.29, 1.82) is 0 Å². The van der Waals surface area contributed by atoms with Crippen LogP contribution in [0.5, 0.6) is 0 Å². The molecule has 1 N–H and O–H groups in total. The normalized spacial score (nSPS) is 17.3. The van der Waals surface area contributed by atoms with Gasteiger partial charge < -0.3 is 5.32 Å². The van der Waals surface area contributed by atoms with Crippen molar-refractivity contribution in [2.24, 2.45) is 13.0 Å². The number of para-hydroxylation sites is 1. The lowest BCUT2D eigenvalue weighted by Crippen LogP contribution is -2.28. The van der Waals surface area contributed by atoms with E-state index in [1.807, 2.05) is 48.3 Å². The maximum atomic E-state index is 12.9. The average Bonchev–Trinajstić information content (AvgIpc) is 3.35. The van der Waals surface area contributed by atoms with Crippen molar-refractivity contribution in [3.05, 3.63) is 59.5 Å². The van der Waals surface area contributed by atoms with Crippen molar-refractivity contribution < 1.29 is 4.79 Å². The van der Waals surface area contributed by atoms with Crippen LogP contribution in [0.15, 0.2) is 42.6 Å². The Balaban J connectivity index is 1.57. The van der Waals surface area contributed by atoms with Crippen LogP contribution >= 0.6 is 0 Å². The topological polar surface area (TPSA) is 63.1 Å². The van der Waals surface area contributed by atoms with Crippen LogP contribution in [0.1, 0.15) is 47.9 Å². The molecule has 0 saturated carbocycles. The Kier molecular flexibility index (Phi) is 5.62. The second-order valence-corrected chi connectivity index (χ2v) is 8.38. The number of likely N-dealkylation sites (tertiary alicyclic amines) is 1. The van der Waals surface area contributed by atoms with Crippen LogP contribution in [0, 0.1) is 5.92 Å². The Hall–Kier alpha value is -2.73. The maximum Gasteiger partial charge on any atom is 0.252 e. The highest BCUT2D eigenvalue weighted by Crippen LogP contribution is 2.30. The second kappa shape index (κ2) is 8.33. The Morgan fingerprint density at radius 1 is 1.28 bits per heavy atom. The monoisotopic (exact) mass is 391 g/mol. The van der Waals surface area contributed by atoms with E-state index >= 15 is 0 Å². The van der Waals surface area contributed by atoms with Crippen molar-refractivity contribution in [2.75, 3.05) is 19.6 Å². The van der Waals surface area contributed by atoms with Crippen molar-refractivity contribution in [1.82, 2.24) is 25.0 Å². The summed E-state index contributed by atoms with van der Waals surface area (Å²) in [4.78, 5) is 20.2. The fourth-order valence-electron chi connectivity index (χ4n) is 3.99. The molecule has 6 nitrogen and oxygen atoms in total. The van der Waals surface area contributed by atoms with Crippen LogP contribution in [0.4, 0.5) is 0 Å². The molecule has 1 aliphatic heterocycles. The molecular weight excluding hydrogens is 362 g/mol. The van der Waals surface area contributed by atoms with E-state index in [0.717, 1.165) is 48.2 Å². The van der Waals surface area contributed by atoms with Crippen LogP contribution in [0.3, 0.4) is 0 Å². The first-order valence-corrected chi connectivity index (χ1v) is 10.4. The summed E-state index contributed by atoms with van der Waals surface area (Å²) in [5, 5.41) is 8.25. The van der Waals surface area contributed by atoms with Gasteiger partial charge in [0.2, 0.25) is 0 Å². The summed E-state index contributed by atoms with van der Waals surface area (Å²) >= 11 is 0. The molecule has 1 atom stereocenters. The number of fused-ring (bicyclic) bond motifs is 1. The van der Waals surface area contributed by atoms with E-state index in [1.54, 1.807) is 0 Å². The highest BCUT2D eigenvalue weighted by molar-refractivity contribution is 6.06. The molecule has 4 rings (SSSR count). The van der Waals surface area contributed by atoms with Crippen LogP contribution in [0.25, 0.3) is 10.9 Å². The van der Waals surface area contributed by atoms with E-state index in [2.05, 4.69) is 35.2 Å². The molecule has 1 aliphatic rings. The van der Waals surface area contributed by atoms with Gasteiger partial charge >= 0.3 is 0 Å². The van der Waals surface area contributed by atoms with Gasteiger partial charge in [0.1, 0.15) is 0 Å². The minimum atomic E-state index is -0.0108. The van der Waals surface area contributed by atoms with Crippen LogP contribution < -0.4 is 5.32 Å². The van der Waals surface area contributed by atoms with E-state index in [9.17, 15) is 4.79 Å². The summed E-state index contributed by atoms with van der Waals surface area (Å²) in [6, 6.07) is 12.0. The molecule has 152 valence electrons. The summed E-state index contributed by atoms with van der Waals surface area (Å²) in [5.41, 5.74) is 3.86. The predicted molar refractivity (Wildman–Crippen MR) is 115 cm³/mol. The number of nitrogens with zero attached hydrogens (tertiary/aromatic N) is 4. The molecule has 0 radical (unpaired) electrons. The number of nitrogens with one attached hydrogen (secondary N) is 1. The van der Waals surface area contributed by atoms with E-state index in [4.69, 9.17) is 4.98 Å². The van der Waals surface area contributed by atoms with Crippen molar-refractivity contribution >= 4 is 16.8 Å². The zero-order chi connectivity index (χ0) is 20.4. The van der Waals surface area contributed by atoms with Gasteiger partial charge in [0.25, 0.3) is 5.91 Å². The molecule has 1 amide bonds. The van der Waals surface area contributed by atoms with Gasteiger partial charge in [-0.05, 0) is 37.1 Å². The number of aromatic nitrogens is 3. The van der Waals surface area contributed by atoms with Gasteiger partial charge in [-0.1, -0.05) is 32.0 Å². The number of benzene rings is 1. The maximum absolute atomic E-state index is 12.9. The molecule has 3 heterocycles. The first-order valence-electron chi connectivity index (χ1n) is 10.4. The lowest BCUT2D eigenvalue weighted by Gasteiger charge is -2.17. The SMILES string of the molecule is CC(C)CNC(=O)c1cc([C@H]2CCN(Cc3ccnn3C)C2)nc2ccccc12. The number of carbonyl (C=O) groups is 1. The lowest BCUT2D eigenvalue weighted by atomic mass is 9.99. The molecule has 29 heavy (non-hydrogen) atoms. The van der Waals surface area contributed by atoms with Crippen molar-refractivity contribution in [3.63, 3.8) is 0 Å². The third kappa shape index (κ3) is 4.32. The Morgan fingerprint density at radius 2 is 2.10 bits per heavy atom. The largest absolute Gasteiger partial charge is 0.352 e. The van der Waals surface area contributed by atoms with Gasteiger partial charge in [-0.3, -0.25) is 19.4 Å². The first-order chi connectivity index (χ1) is 14.0. The molecule has 1 aromatic carbocycles. The quantitative estimate of drug-likeness (QED) is 0.700. The lowest BCUT2D eigenvalue weighted by molar-refractivity contribution is 0.0950. The fourth-order valence-corrected chi connectivity index (χ4v) is 3.99. The first kappa shape index (κ1) is 19.6. The highest BCUT2D eigenvalue weighted by Gasteiger charge is 2.27. The molecule has 0 bridgehead atoms.